The molecule has 0 radical (unpaired) electrons. The molecule has 1 amide bonds. The van der Waals surface area contributed by atoms with Gasteiger partial charge < -0.3 is 15.3 Å². The molecule has 2 aromatic rings. The minimum absolute atomic E-state index is 0.00549. The van der Waals surface area contributed by atoms with E-state index >= 15 is 0 Å². The van der Waals surface area contributed by atoms with Crippen LogP contribution in [-0.4, -0.2) is 24.1 Å². The lowest BCUT2D eigenvalue weighted by Crippen LogP contribution is -2.18. The molecule has 0 saturated heterocycles. The third-order valence-electron chi connectivity index (χ3n) is 4.89. The number of hydrogen-bond acceptors (Lipinski definition) is 3. The van der Waals surface area contributed by atoms with Crippen LogP contribution >= 0.6 is 11.6 Å². The summed E-state index contributed by atoms with van der Waals surface area (Å²) in [7, 11) is 2.12. The summed E-state index contributed by atoms with van der Waals surface area (Å²) < 4.78 is 0. The normalized spacial score (nSPS) is 18.0. The number of nitrogens with one attached hydrogen (secondary N) is 1. The highest BCUT2D eigenvalue weighted by molar-refractivity contribution is 6.36. The van der Waals surface area contributed by atoms with E-state index in [1.54, 1.807) is 6.07 Å². The number of aliphatic hydroxyl groups is 1. The molecular weight excluding hydrogens is 336 g/mol. The van der Waals surface area contributed by atoms with Crippen molar-refractivity contribution in [3.63, 3.8) is 0 Å². The average molecular weight is 355 g/mol. The molecule has 1 aliphatic heterocycles. The largest absolute Gasteiger partial charge is 0.512 e. The standard InChI is InChI=1S/C20H19ClN2O2/c1-11(24)19-16-9-15(17(21)10-18(16)22-20(19)25)12-3-5-13(6-4-12)23(2)14-7-8-14/h3-6,9-10,14,24H,7-8H2,1-2H3,(H,22,25)/b19-11+. The van der Waals surface area contributed by atoms with Gasteiger partial charge in [-0.25, -0.2) is 0 Å². The van der Waals surface area contributed by atoms with Crippen LogP contribution in [0.25, 0.3) is 16.7 Å². The number of halogens is 1. The summed E-state index contributed by atoms with van der Waals surface area (Å²) in [6.07, 6.45) is 2.51. The van der Waals surface area contributed by atoms with Gasteiger partial charge in [0.25, 0.3) is 5.91 Å². The molecule has 0 aromatic heterocycles. The van der Waals surface area contributed by atoms with Crippen molar-refractivity contribution in [2.24, 2.45) is 0 Å². The Morgan fingerprint density at radius 1 is 1.20 bits per heavy atom. The Morgan fingerprint density at radius 3 is 2.48 bits per heavy atom. The Labute approximate surface area is 151 Å². The van der Waals surface area contributed by atoms with Gasteiger partial charge in [0, 0.05) is 29.9 Å². The van der Waals surface area contributed by atoms with Crippen molar-refractivity contribution < 1.29 is 9.90 Å². The van der Waals surface area contributed by atoms with Crippen LogP contribution in [-0.2, 0) is 4.79 Å². The van der Waals surface area contributed by atoms with Crippen molar-refractivity contribution in [3.8, 4) is 11.1 Å². The number of nitrogens with zero attached hydrogens (tertiary/aromatic N) is 1. The third-order valence-corrected chi connectivity index (χ3v) is 5.21. The minimum Gasteiger partial charge on any atom is -0.512 e. The summed E-state index contributed by atoms with van der Waals surface area (Å²) >= 11 is 6.44. The lowest BCUT2D eigenvalue weighted by molar-refractivity contribution is -0.110. The first-order valence-electron chi connectivity index (χ1n) is 8.34. The maximum atomic E-state index is 12.0. The zero-order valence-corrected chi connectivity index (χ0v) is 14.9. The van der Waals surface area contributed by atoms with E-state index in [1.807, 2.05) is 18.2 Å². The van der Waals surface area contributed by atoms with Gasteiger partial charge in [-0.15, -0.1) is 0 Å². The van der Waals surface area contributed by atoms with Crippen LogP contribution in [0.4, 0.5) is 11.4 Å². The Bertz CT molecular complexity index is 895. The van der Waals surface area contributed by atoms with Crippen molar-refractivity contribution in [2.45, 2.75) is 25.8 Å². The average Bonchev–Trinajstić information content (AvgIpc) is 3.36. The molecule has 1 heterocycles. The number of rotatable bonds is 3. The monoisotopic (exact) mass is 354 g/mol. The summed E-state index contributed by atoms with van der Waals surface area (Å²) in [6.45, 7) is 1.51. The van der Waals surface area contributed by atoms with Crippen molar-refractivity contribution in [3.05, 3.63) is 52.7 Å². The fourth-order valence-corrected chi connectivity index (χ4v) is 3.59. The molecule has 1 aliphatic carbocycles. The third kappa shape index (κ3) is 2.76. The number of anilines is 2. The Kier molecular flexibility index (Phi) is 3.73. The van der Waals surface area contributed by atoms with Crippen LogP contribution in [0.1, 0.15) is 25.3 Å². The van der Waals surface area contributed by atoms with Gasteiger partial charge in [0.2, 0.25) is 0 Å². The predicted molar refractivity (Wildman–Crippen MR) is 102 cm³/mol. The number of carbonyl (C=O) groups is 1. The van der Waals surface area contributed by atoms with Crippen LogP contribution in [0.3, 0.4) is 0 Å². The number of carbonyl (C=O) groups excluding carboxylic acids is 1. The second kappa shape index (κ2) is 5.81. The van der Waals surface area contributed by atoms with E-state index in [4.69, 9.17) is 11.6 Å². The number of amides is 1. The molecule has 0 bridgehead atoms. The highest BCUT2D eigenvalue weighted by Gasteiger charge is 2.28. The number of aliphatic hydroxyl groups excluding tert-OH is 1. The van der Waals surface area contributed by atoms with Crippen LogP contribution in [0, 0.1) is 0 Å². The summed E-state index contributed by atoms with van der Waals surface area (Å²) in [6, 6.07) is 12.5. The van der Waals surface area contributed by atoms with E-state index < -0.39 is 0 Å². The second-order valence-corrected chi connectivity index (χ2v) is 7.09. The van der Waals surface area contributed by atoms with E-state index in [2.05, 4.69) is 29.4 Å². The maximum Gasteiger partial charge on any atom is 0.259 e. The molecular formula is C20H19ClN2O2. The summed E-state index contributed by atoms with van der Waals surface area (Å²) in [5, 5.41) is 13.1. The van der Waals surface area contributed by atoms with Gasteiger partial charge in [0.1, 0.15) is 5.76 Å². The first-order valence-corrected chi connectivity index (χ1v) is 8.72. The fourth-order valence-electron chi connectivity index (χ4n) is 3.32. The molecule has 5 heteroatoms. The number of fused-ring (bicyclic) bond motifs is 1. The van der Waals surface area contributed by atoms with Gasteiger partial charge in [0.05, 0.1) is 16.3 Å². The Balaban J connectivity index is 1.74. The van der Waals surface area contributed by atoms with E-state index in [0.717, 1.165) is 11.1 Å². The first-order chi connectivity index (χ1) is 12.0. The van der Waals surface area contributed by atoms with Gasteiger partial charge in [-0.1, -0.05) is 23.7 Å². The smallest absolute Gasteiger partial charge is 0.259 e. The van der Waals surface area contributed by atoms with Gasteiger partial charge in [-0.2, -0.15) is 0 Å². The molecule has 2 N–H and O–H groups in total. The van der Waals surface area contributed by atoms with Crippen molar-refractivity contribution in [1.29, 1.82) is 0 Å². The molecule has 0 atom stereocenters. The Hall–Kier alpha value is -2.46. The van der Waals surface area contributed by atoms with Crippen LogP contribution in [0.15, 0.2) is 42.2 Å². The van der Waals surface area contributed by atoms with E-state index in [1.165, 1.54) is 25.5 Å². The highest BCUT2D eigenvalue weighted by Crippen LogP contribution is 2.41. The molecule has 4 rings (SSSR count). The SMILES string of the molecule is C/C(O)=C1\C(=O)Nc2cc(Cl)c(-c3ccc(N(C)C4CC4)cc3)cc21. The molecule has 25 heavy (non-hydrogen) atoms. The topological polar surface area (TPSA) is 52.6 Å². The Morgan fingerprint density at radius 2 is 1.88 bits per heavy atom. The van der Waals surface area contributed by atoms with E-state index in [0.29, 0.717) is 27.9 Å². The minimum atomic E-state index is -0.301. The van der Waals surface area contributed by atoms with Crippen molar-refractivity contribution >= 4 is 34.5 Å². The predicted octanol–water partition coefficient (Wildman–Crippen LogP) is 4.85. The second-order valence-electron chi connectivity index (χ2n) is 6.68. The van der Waals surface area contributed by atoms with Gasteiger partial charge >= 0.3 is 0 Å². The molecule has 128 valence electrons. The number of allylic oxidation sites excluding steroid dienone is 1. The molecule has 4 nitrogen and oxygen atoms in total. The maximum absolute atomic E-state index is 12.0. The summed E-state index contributed by atoms with van der Waals surface area (Å²) in [5.74, 6) is -0.296. The lowest BCUT2D eigenvalue weighted by atomic mass is 9.98. The summed E-state index contributed by atoms with van der Waals surface area (Å²) in [4.78, 5) is 14.3. The van der Waals surface area contributed by atoms with Crippen molar-refractivity contribution in [1.82, 2.24) is 0 Å². The van der Waals surface area contributed by atoms with Crippen LogP contribution in [0.2, 0.25) is 5.02 Å². The van der Waals surface area contributed by atoms with Crippen LogP contribution < -0.4 is 10.2 Å². The molecule has 0 spiro atoms. The zero-order valence-electron chi connectivity index (χ0n) is 14.1. The quantitative estimate of drug-likeness (QED) is 0.612. The number of hydrogen-bond donors (Lipinski definition) is 2. The van der Waals surface area contributed by atoms with Gasteiger partial charge in [-0.05, 0) is 49.6 Å². The molecule has 2 aromatic carbocycles. The zero-order chi connectivity index (χ0) is 17.7. The van der Waals surface area contributed by atoms with Crippen molar-refractivity contribution in [2.75, 3.05) is 17.3 Å². The van der Waals surface area contributed by atoms with Gasteiger partial charge in [0.15, 0.2) is 0 Å². The van der Waals surface area contributed by atoms with E-state index in [-0.39, 0.29) is 11.7 Å². The summed E-state index contributed by atoms with van der Waals surface area (Å²) in [5.41, 5.74) is 4.63. The van der Waals surface area contributed by atoms with Gasteiger partial charge in [-0.3, -0.25) is 4.79 Å². The van der Waals surface area contributed by atoms with E-state index in [9.17, 15) is 9.90 Å². The number of benzene rings is 2. The molecule has 1 saturated carbocycles. The molecule has 0 unspecified atom stereocenters. The lowest BCUT2D eigenvalue weighted by Gasteiger charge is -2.19. The molecule has 1 fully saturated rings. The first kappa shape index (κ1) is 16.0. The molecule has 2 aliphatic rings. The van der Waals surface area contributed by atoms with Crippen LogP contribution in [0.5, 0.6) is 0 Å². The highest BCUT2D eigenvalue weighted by atomic mass is 35.5. The fraction of sp³-hybridized carbons (Fsp3) is 0.250.